The van der Waals surface area contributed by atoms with Crippen molar-refractivity contribution in [2.45, 2.75) is 19.3 Å². The first-order valence-electron chi connectivity index (χ1n) is 6.67. The minimum absolute atomic E-state index is 0.00644. The Balaban J connectivity index is 2.66. The maximum absolute atomic E-state index is 12.2. The molecule has 1 heterocycles. The Labute approximate surface area is 133 Å². The van der Waals surface area contributed by atoms with Crippen LogP contribution >= 0.6 is 11.6 Å². The normalized spacial score (nSPS) is 17.8. The van der Waals surface area contributed by atoms with E-state index in [1.807, 2.05) is 13.0 Å². The van der Waals surface area contributed by atoms with E-state index in [2.05, 4.69) is 0 Å². The van der Waals surface area contributed by atoms with Crippen LogP contribution in [0.3, 0.4) is 0 Å². The van der Waals surface area contributed by atoms with Crippen molar-refractivity contribution in [1.82, 2.24) is 0 Å². The van der Waals surface area contributed by atoms with Crippen LogP contribution in [0.2, 0.25) is 5.02 Å². The molecule has 1 aliphatic heterocycles. The average molecular weight is 319 g/mol. The van der Waals surface area contributed by atoms with E-state index in [9.17, 15) is 10.1 Å². The molecule has 5 nitrogen and oxygen atoms in total. The number of nitrogens with zero attached hydrogens (tertiary/aromatic N) is 1. The van der Waals surface area contributed by atoms with Gasteiger partial charge >= 0.3 is 5.97 Å². The predicted molar refractivity (Wildman–Crippen MR) is 81.4 cm³/mol. The van der Waals surface area contributed by atoms with Gasteiger partial charge in [0, 0.05) is 11.4 Å². The molecule has 0 aliphatic carbocycles. The summed E-state index contributed by atoms with van der Waals surface area (Å²) in [6.45, 7) is 1.84. The van der Waals surface area contributed by atoms with Crippen molar-refractivity contribution in [1.29, 1.82) is 5.26 Å². The molecule has 0 radical (unpaired) electrons. The van der Waals surface area contributed by atoms with Gasteiger partial charge in [-0.05, 0) is 17.7 Å². The number of ether oxygens (including phenoxy) is 2. The Kier molecular flexibility index (Phi) is 4.74. The molecule has 2 N–H and O–H groups in total. The quantitative estimate of drug-likeness (QED) is 0.866. The number of nitrogens with two attached hydrogens (primary N) is 1. The summed E-state index contributed by atoms with van der Waals surface area (Å²) in [5.41, 5.74) is 7.03. The molecule has 0 bridgehead atoms. The van der Waals surface area contributed by atoms with Crippen molar-refractivity contribution < 1.29 is 14.3 Å². The molecule has 1 atom stereocenters. The summed E-state index contributed by atoms with van der Waals surface area (Å²) in [7, 11) is 1.29. The molecule has 2 rings (SSSR count). The number of hydrogen-bond acceptors (Lipinski definition) is 5. The summed E-state index contributed by atoms with van der Waals surface area (Å²) in [5, 5.41) is 9.97. The van der Waals surface area contributed by atoms with Crippen molar-refractivity contribution in [2.24, 2.45) is 5.73 Å². The lowest BCUT2D eigenvalue weighted by molar-refractivity contribution is -0.136. The van der Waals surface area contributed by atoms with E-state index in [0.29, 0.717) is 17.2 Å². The Morgan fingerprint density at radius 2 is 2.09 bits per heavy atom. The fraction of sp³-hybridized carbons (Fsp3) is 0.250. The molecule has 0 fully saturated rings. The maximum atomic E-state index is 12.2. The van der Waals surface area contributed by atoms with Crippen LogP contribution in [0.25, 0.3) is 0 Å². The second-order valence-corrected chi connectivity index (χ2v) is 5.09. The SMILES string of the molecule is CCC1=C(C(=O)OC)C(c2ccc(Cl)cc2)C(C#N)=C(N)O1. The van der Waals surface area contributed by atoms with Crippen LogP contribution in [0, 0.1) is 11.3 Å². The van der Waals surface area contributed by atoms with Crippen LogP contribution in [0.15, 0.2) is 47.1 Å². The molecule has 0 saturated heterocycles. The maximum Gasteiger partial charge on any atom is 0.338 e. The lowest BCUT2D eigenvalue weighted by Gasteiger charge is -2.27. The Morgan fingerprint density at radius 1 is 1.45 bits per heavy atom. The van der Waals surface area contributed by atoms with Crippen molar-refractivity contribution >= 4 is 17.6 Å². The van der Waals surface area contributed by atoms with Crippen LogP contribution in [0.1, 0.15) is 24.8 Å². The second-order valence-electron chi connectivity index (χ2n) is 4.66. The zero-order chi connectivity index (χ0) is 16.3. The smallest absolute Gasteiger partial charge is 0.338 e. The van der Waals surface area contributed by atoms with Gasteiger partial charge < -0.3 is 15.2 Å². The molecule has 0 saturated carbocycles. The number of benzene rings is 1. The molecule has 22 heavy (non-hydrogen) atoms. The third-order valence-corrected chi connectivity index (χ3v) is 3.68. The minimum atomic E-state index is -0.626. The van der Waals surface area contributed by atoms with E-state index in [0.717, 1.165) is 5.56 Å². The number of allylic oxidation sites excluding steroid dienone is 2. The van der Waals surface area contributed by atoms with Gasteiger partial charge in [-0.25, -0.2) is 4.79 Å². The fourth-order valence-corrected chi connectivity index (χ4v) is 2.53. The summed E-state index contributed by atoms with van der Waals surface area (Å²) in [6.07, 6.45) is 0.452. The topological polar surface area (TPSA) is 85.3 Å². The summed E-state index contributed by atoms with van der Waals surface area (Å²) in [4.78, 5) is 12.2. The third-order valence-electron chi connectivity index (χ3n) is 3.43. The van der Waals surface area contributed by atoms with Crippen LogP contribution < -0.4 is 5.73 Å². The number of rotatable bonds is 3. The highest BCUT2D eigenvalue weighted by Crippen LogP contribution is 2.40. The third kappa shape index (κ3) is 2.78. The van der Waals surface area contributed by atoms with Crippen molar-refractivity contribution in [3.63, 3.8) is 0 Å². The Hall–Kier alpha value is -2.45. The van der Waals surface area contributed by atoms with Gasteiger partial charge in [-0.3, -0.25) is 0 Å². The fourth-order valence-electron chi connectivity index (χ4n) is 2.40. The Morgan fingerprint density at radius 3 is 2.59 bits per heavy atom. The second kappa shape index (κ2) is 6.54. The van der Waals surface area contributed by atoms with E-state index in [1.54, 1.807) is 24.3 Å². The summed E-state index contributed by atoms with van der Waals surface area (Å²) < 4.78 is 10.3. The van der Waals surface area contributed by atoms with Crippen LogP contribution in [0.5, 0.6) is 0 Å². The lowest BCUT2D eigenvalue weighted by Crippen LogP contribution is -2.25. The number of halogens is 1. The highest BCUT2D eigenvalue weighted by Gasteiger charge is 2.36. The van der Waals surface area contributed by atoms with Crippen molar-refractivity contribution in [3.05, 3.63) is 57.6 Å². The number of methoxy groups -OCH3 is 1. The predicted octanol–water partition coefficient (Wildman–Crippen LogP) is 2.98. The molecule has 0 amide bonds. The van der Waals surface area contributed by atoms with Gasteiger partial charge in [0.15, 0.2) is 0 Å². The zero-order valence-corrected chi connectivity index (χ0v) is 13.0. The van der Waals surface area contributed by atoms with Crippen LogP contribution in [-0.2, 0) is 14.3 Å². The van der Waals surface area contributed by atoms with E-state index in [1.165, 1.54) is 7.11 Å². The largest absolute Gasteiger partial charge is 0.466 e. The monoisotopic (exact) mass is 318 g/mol. The van der Waals surface area contributed by atoms with Gasteiger partial charge in [0.1, 0.15) is 17.4 Å². The molecule has 0 spiro atoms. The van der Waals surface area contributed by atoms with Gasteiger partial charge in [0.2, 0.25) is 5.88 Å². The molecule has 0 aromatic heterocycles. The minimum Gasteiger partial charge on any atom is -0.466 e. The van der Waals surface area contributed by atoms with Gasteiger partial charge in [0.05, 0.1) is 18.6 Å². The van der Waals surface area contributed by atoms with E-state index in [-0.39, 0.29) is 17.0 Å². The lowest BCUT2D eigenvalue weighted by atomic mass is 9.82. The van der Waals surface area contributed by atoms with Crippen molar-refractivity contribution in [3.8, 4) is 6.07 Å². The van der Waals surface area contributed by atoms with Gasteiger partial charge in [-0.1, -0.05) is 30.7 Å². The number of nitriles is 1. The van der Waals surface area contributed by atoms with E-state index in [4.69, 9.17) is 26.8 Å². The molecule has 1 aromatic carbocycles. The molecule has 1 aliphatic rings. The summed E-state index contributed by atoms with van der Waals surface area (Å²) >= 11 is 5.90. The summed E-state index contributed by atoms with van der Waals surface area (Å²) in [5.74, 6) is -0.759. The summed E-state index contributed by atoms with van der Waals surface area (Å²) in [6, 6.07) is 8.91. The molecule has 1 unspecified atom stereocenters. The van der Waals surface area contributed by atoms with E-state index >= 15 is 0 Å². The number of hydrogen-bond donors (Lipinski definition) is 1. The molecule has 114 valence electrons. The van der Waals surface area contributed by atoms with Gasteiger partial charge in [0.25, 0.3) is 0 Å². The van der Waals surface area contributed by atoms with Crippen LogP contribution in [-0.4, -0.2) is 13.1 Å². The Bertz CT molecular complexity index is 699. The first-order chi connectivity index (χ1) is 10.5. The highest BCUT2D eigenvalue weighted by molar-refractivity contribution is 6.30. The molecular formula is C16H15ClN2O3. The molecule has 1 aromatic rings. The highest BCUT2D eigenvalue weighted by atomic mass is 35.5. The van der Waals surface area contributed by atoms with Crippen LogP contribution in [0.4, 0.5) is 0 Å². The average Bonchev–Trinajstić information content (AvgIpc) is 2.53. The number of esters is 1. The van der Waals surface area contributed by atoms with E-state index < -0.39 is 11.9 Å². The first-order valence-corrected chi connectivity index (χ1v) is 7.05. The molecule has 6 heteroatoms. The molecular weight excluding hydrogens is 304 g/mol. The number of carbonyl (C=O) groups excluding carboxylic acids is 1. The standard InChI is InChI=1S/C16H15ClN2O3/c1-3-12-14(16(20)21-2)13(11(8-18)15(19)22-12)9-4-6-10(17)7-5-9/h4-7,13H,3,19H2,1-2H3. The zero-order valence-electron chi connectivity index (χ0n) is 12.2. The number of carbonyl (C=O) groups is 1. The first kappa shape index (κ1) is 15.9. The van der Waals surface area contributed by atoms with Gasteiger partial charge in [-0.15, -0.1) is 0 Å². The van der Waals surface area contributed by atoms with Gasteiger partial charge in [-0.2, -0.15) is 5.26 Å². The van der Waals surface area contributed by atoms with Crippen molar-refractivity contribution in [2.75, 3.05) is 7.11 Å².